The van der Waals surface area contributed by atoms with Gasteiger partial charge in [-0.3, -0.25) is 9.78 Å². The van der Waals surface area contributed by atoms with Crippen LogP contribution in [0.5, 0.6) is 0 Å². The fraction of sp³-hybridized carbons (Fsp3) is 0.0952. The molecule has 1 amide bonds. The van der Waals surface area contributed by atoms with Gasteiger partial charge in [-0.1, -0.05) is 0 Å². The average molecular weight is 414 g/mol. The molecule has 9 heteroatoms. The topological polar surface area (TPSA) is 70.7 Å². The van der Waals surface area contributed by atoms with E-state index in [0.717, 1.165) is 16.6 Å². The summed E-state index contributed by atoms with van der Waals surface area (Å²) in [4.78, 5) is 23.7. The molecule has 0 spiro atoms. The largest absolute Gasteiger partial charge is 0.405 e. The van der Waals surface area contributed by atoms with Gasteiger partial charge < -0.3 is 10.3 Å². The van der Waals surface area contributed by atoms with Crippen molar-refractivity contribution in [3.63, 3.8) is 0 Å². The number of nitrogens with zero attached hydrogens (tertiary/aromatic N) is 2. The summed E-state index contributed by atoms with van der Waals surface area (Å²) in [6, 6.07) is 12.4. The molecule has 152 valence electrons. The number of aromatic nitrogens is 3. The first-order valence-electron chi connectivity index (χ1n) is 8.84. The Bertz CT molecular complexity index is 1220. The van der Waals surface area contributed by atoms with Crippen LogP contribution in [0.2, 0.25) is 0 Å². The maximum atomic E-state index is 13.1. The van der Waals surface area contributed by atoms with E-state index in [2.05, 4.69) is 15.0 Å². The number of hydrogen-bond acceptors (Lipinski definition) is 3. The molecule has 3 heterocycles. The van der Waals surface area contributed by atoms with E-state index in [0.29, 0.717) is 16.9 Å². The second-order valence-corrected chi connectivity index (χ2v) is 6.58. The van der Waals surface area contributed by atoms with Gasteiger partial charge in [0.1, 0.15) is 18.0 Å². The molecule has 0 unspecified atom stereocenters. The number of amides is 1. The average Bonchev–Trinajstić information content (AvgIpc) is 3.15. The second kappa shape index (κ2) is 7.58. The van der Waals surface area contributed by atoms with Crippen LogP contribution in [0.3, 0.4) is 0 Å². The Morgan fingerprint density at radius 3 is 2.50 bits per heavy atom. The lowest BCUT2D eigenvalue weighted by molar-refractivity contribution is -0.123. The molecule has 0 aliphatic heterocycles. The molecule has 5 nitrogen and oxygen atoms in total. The van der Waals surface area contributed by atoms with Gasteiger partial charge >= 0.3 is 6.18 Å². The minimum absolute atomic E-state index is 0.0606. The number of H-pyrrole nitrogens is 1. The zero-order valence-electron chi connectivity index (χ0n) is 15.3. The first-order chi connectivity index (χ1) is 14.3. The smallest absolute Gasteiger partial charge is 0.343 e. The lowest BCUT2D eigenvalue weighted by atomic mass is 10.1. The SMILES string of the molecule is O=C(NCC(F)(F)F)c1ccnc(-c2cnc3[nH]c(-c4ccc(F)cc4)cc3c2)c1. The minimum Gasteiger partial charge on any atom is -0.343 e. The molecule has 0 saturated carbocycles. The number of aromatic amines is 1. The van der Waals surface area contributed by atoms with Gasteiger partial charge in [0.25, 0.3) is 5.91 Å². The molecule has 0 saturated heterocycles. The third-order valence-corrected chi connectivity index (χ3v) is 4.39. The number of fused-ring (bicyclic) bond motifs is 1. The molecule has 3 aromatic heterocycles. The summed E-state index contributed by atoms with van der Waals surface area (Å²) >= 11 is 0. The standard InChI is InChI=1S/C21H14F4N4O/c22-16-3-1-12(2-4-16)18-9-14-7-15(10-27-19(14)29-18)17-8-13(5-6-26-17)20(30)28-11-21(23,24)25/h1-10H,11H2,(H,27,29)(H,28,30). The lowest BCUT2D eigenvalue weighted by Crippen LogP contribution is -2.33. The Hall–Kier alpha value is -3.75. The Morgan fingerprint density at radius 2 is 1.77 bits per heavy atom. The van der Waals surface area contributed by atoms with Crippen molar-refractivity contribution in [1.82, 2.24) is 20.3 Å². The fourth-order valence-electron chi connectivity index (χ4n) is 2.95. The van der Waals surface area contributed by atoms with E-state index >= 15 is 0 Å². The Balaban J connectivity index is 1.62. The summed E-state index contributed by atoms with van der Waals surface area (Å²) in [5.41, 5.74) is 3.20. The van der Waals surface area contributed by atoms with Crippen molar-refractivity contribution in [2.75, 3.05) is 6.54 Å². The van der Waals surface area contributed by atoms with E-state index in [-0.39, 0.29) is 11.4 Å². The van der Waals surface area contributed by atoms with Gasteiger partial charge in [-0.2, -0.15) is 13.2 Å². The monoisotopic (exact) mass is 414 g/mol. The molecule has 1 aromatic carbocycles. The second-order valence-electron chi connectivity index (χ2n) is 6.58. The van der Waals surface area contributed by atoms with Crippen molar-refractivity contribution in [1.29, 1.82) is 0 Å². The molecule has 0 fully saturated rings. The summed E-state index contributed by atoms with van der Waals surface area (Å²) in [6.45, 7) is -1.41. The molecule has 0 radical (unpaired) electrons. The summed E-state index contributed by atoms with van der Waals surface area (Å²) in [7, 11) is 0. The number of nitrogens with one attached hydrogen (secondary N) is 2. The van der Waals surface area contributed by atoms with Crippen molar-refractivity contribution < 1.29 is 22.4 Å². The minimum atomic E-state index is -4.49. The number of rotatable bonds is 4. The molecular formula is C21H14F4N4O. The molecule has 0 aliphatic rings. The third kappa shape index (κ3) is 4.29. The van der Waals surface area contributed by atoms with Crippen LogP contribution in [-0.2, 0) is 0 Å². The highest BCUT2D eigenvalue weighted by Crippen LogP contribution is 2.27. The van der Waals surface area contributed by atoms with Gasteiger partial charge in [-0.25, -0.2) is 9.37 Å². The maximum Gasteiger partial charge on any atom is 0.405 e. The Labute approximate surface area is 167 Å². The van der Waals surface area contributed by atoms with Crippen LogP contribution < -0.4 is 5.32 Å². The van der Waals surface area contributed by atoms with Gasteiger partial charge in [0.15, 0.2) is 0 Å². The van der Waals surface area contributed by atoms with E-state index < -0.39 is 18.6 Å². The van der Waals surface area contributed by atoms with Crippen LogP contribution in [0.4, 0.5) is 17.6 Å². The number of carbonyl (C=O) groups excluding carboxylic acids is 1. The normalized spacial score (nSPS) is 11.6. The number of benzene rings is 1. The predicted molar refractivity (Wildman–Crippen MR) is 103 cm³/mol. The van der Waals surface area contributed by atoms with Gasteiger partial charge in [0, 0.05) is 34.6 Å². The van der Waals surface area contributed by atoms with Crippen molar-refractivity contribution in [2.24, 2.45) is 0 Å². The molecule has 2 N–H and O–H groups in total. The number of hydrogen-bond donors (Lipinski definition) is 2. The highest BCUT2D eigenvalue weighted by Gasteiger charge is 2.28. The van der Waals surface area contributed by atoms with Crippen molar-refractivity contribution in [3.8, 4) is 22.5 Å². The maximum absolute atomic E-state index is 13.1. The van der Waals surface area contributed by atoms with Gasteiger partial charge in [0.2, 0.25) is 0 Å². The third-order valence-electron chi connectivity index (χ3n) is 4.39. The van der Waals surface area contributed by atoms with E-state index in [1.807, 2.05) is 11.4 Å². The Morgan fingerprint density at radius 1 is 1.00 bits per heavy atom. The van der Waals surface area contributed by atoms with Crippen molar-refractivity contribution in [2.45, 2.75) is 6.18 Å². The van der Waals surface area contributed by atoms with Crippen LogP contribution in [0.1, 0.15) is 10.4 Å². The number of alkyl halides is 3. The molecule has 0 atom stereocenters. The van der Waals surface area contributed by atoms with Gasteiger partial charge in [-0.15, -0.1) is 0 Å². The number of pyridine rings is 2. The molecule has 30 heavy (non-hydrogen) atoms. The Kier molecular flexibility index (Phi) is 4.94. The number of carbonyl (C=O) groups is 1. The first-order valence-corrected chi connectivity index (χ1v) is 8.84. The van der Waals surface area contributed by atoms with E-state index in [4.69, 9.17) is 0 Å². The quantitative estimate of drug-likeness (QED) is 0.475. The summed E-state index contributed by atoms with van der Waals surface area (Å²) in [6.07, 6.45) is -1.59. The summed E-state index contributed by atoms with van der Waals surface area (Å²) < 4.78 is 50.1. The van der Waals surface area contributed by atoms with E-state index in [1.165, 1.54) is 30.5 Å². The van der Waals surface area contributed by atoms with Crippen molar-refractivity contribution in [3.05, 3.63) is 72.3 Å². The summed E-state index contributed by atoms with van der Waals surface area (Å²) in [5, 5.41) is 2.60. The lowest BCUT2D eigenvalue weighted by Gasteiger charge is -2.09. The van der Waals surface area contributed by atoms with Crippen molar-refractivity contribution >= 4 is 16.9 Å². The highest BCUT2D eigenvalue weighted by molar-refractivity contribution is 5.95. The van der Waals surface area contributed by atoms with Crippen LogP contribution in [0.25, 0.3) is 33.5 Å². The molecule has 4 aromatic rings. The number of halogens is 4. The van der Waals surface area contributed by atoms with Gasteiger partial charge in [0.05, 0.1) is 5.69 Å². The van der Waals surface area contributed by atoms with Crippen LogP contribution >= 0.6 is 0 Å². The highest BCUT2D eigenvalue weighted by atomic mass is 19.4. The molecule has 0 bridgehead atoms. The first kappa shape index (κ1) is 19.6. The zero-order valence-corrected chi connectivity index (χ0v) is 15.3. The summed E-state index contributed by atoms with van der Waals surface area (Å²) in [5.74, 6) is -1.18. The van der Waals surface area contributed by atoms with Gasteiger partial charge in [-0.05, 0) is 54.1 Å². The van der Waals surface area contributed by atoms with E-state index in [1.54, 1.807) is 24.4 Å². The van der Waals surface area contributed by atoms with Crippen LogP contribution in [0, 0.1) is 5.82 Å². The predicted octanol–water partition coefficient (Wildman–Crippen LogP) is 4.72. The van der Waals surface area contributed by atoms with Crippen LogP contribution in [-0.4, -0.2) is 33.6 Å². The van der Waals surface area contributed by atoms with E-state index in [9.17, 15) is 22.4 Å². The molecule has 0 aliphatic carbocycles. The molecule has 4 rings (SSSR count). The molecular weight excluding hydrogens is 400 g/mol. The fourth-order valence-corrected chi connectivity index (χ4v) is 2.95. The van der Waals surface area contributed by atoms with Crippen LogP contribution in [0.15, 0.2) is 60.9 Å². The zero-order chi connectivity index (χ0) is 21.3.